The molecule has 2 aliphatic heterocycles. The van der Waals surface area contributed by atoms with Crippen molar-refractivity contribution in [1.29, 1.82) is 0 Å². The van der Waals surface area contributed by atoms with Crippen LogP contribution in [0.1, 0.15) is 32.6 Å². The maximum atomic E-state index is 13.3. The van der Waals surface area contributed by atoms with Crippen molar-refractivity contribution in [1.82, 2.24) is 4.90 Å². The fraction of sp³-hybridized carbons (Fsp3) is 1.00. The first-order valence-electron chi connectivity index (χ1n) is 5.79. The summed E-state index contributed by atoms with van der Waals surface area (Å²) in [7, 11) is 0. The Morgan fingerprint density at radius 1 is 1.40 bits per heavy atom. The van der Waals surface area contributed by atoms with Gasteiger partial charge in [0.1, 0.15) is 0 Å². The highest BCUT2D eigenvalue weighted by Gasteiger charge is 2.56. The van der Waals surface area contributed by atoms with Gasteiger partial charge in [0, 0.05) is 13.0 Å². The van der Waals surface area contributed by atoms with E-state index in [1.807, 2.05) is 11.8 Å². The molecule has 0 spiro atoms. The van der Waals surface area contributed by atoms with Crippen LogP contribution in [0, 0.1) is 0 Å². The summed E-state index contributed by atoms with van der Waals surface area (Å²) in [4.78, 5) is 1.93. The molecule has 2 heterocycles. The molecule has 0 saturated carbocycles. The molecule has 2 rings (SSSR count). The highest BCUT2D eigenvalue weighted by molar-refractivity contribution is 5.06. The molecule has 1 atom stereocenters. The Hall–Kier alpha value is -0.220. The first-order chi connectivity index (χ1) is 7.08. The third-order valence-corrected chi connectivity index (χ3v) is 3.47. The zero-order valence-electron chi connectivity index (χ0n) is 9.27. The molecule has 2 saturated heterocycles. The van der Waals surface area contributed by atoms with Gasteiger partial charge < -0.3 is 4.74 Å². The van der Waals surface area contributed by atoms with Crippen LogP contribution in [0.2, 0.25) is 0 Å². The summed E-state index contributed by atoms with van der Waals surface area (Å²) in [6.07, 6.45) is 2.84. The Labute approximate surface area is 89.6 Å². The Bertz CT molecular complexity index is 235. The quantitative estimate of drug-likeness (QED) is 0.673. The molecule has 0 aromatic carbocycles. The van der Waals surface area contributed by atoms with Gasteiger partial charge >= 0.3 is 0 Å². The molecule has 4 heteroatoms. The zero-order chi connectivity index (χ0) is 10.9. The van der Waals surface area contributed by atoms with E-state index in [1.54, 1.807) is 0 Å². The van der Waals surface area contributed by atoms with Gasteiger partial charge in [-0.3, -0.25) is 4.90 Å². The van der Waals surface area contributed by atoms with Gasteiger partial charge in [0.15, 0.2) is 0 Å². The Morgan fingerprint density at radius 2 is 2.20 bits per heavy atom. The first kappa shape index (κ1) is 11.3. The lowest BCUT2D eigenvalue weighted by atomic mass is 9.94. The summed E-state index contributed by atoms with van der Waals surface area (Å²) in [6, 6.07) is 0. The SMILES string of the molecule is CCCOC[C@]12CCCN1CC(F)(F)C2. The van der Waals surface area contributed by atoms with Crippen LogP contribution >= 0.6 is 0 Å². The Morgan fingerprint density at radius 3 is 2.93 bits per heavy atom. The van der Waals surface area contributed by atoms with Crippen LogP contribution in [0.25, 0.3) is 0 Å². The Kier molecular flexibility index (Phi) is 2.99. The number of nitrogens with zero attached hydrogens (tertiary/aromatic N) is 1. The summed E-state index contributed by atoms with van der Waals surface area (Å²) in [6.45, 7) is 3.94. The molecule has 0 aromatic heterocycles. The van der Waals surface area contributed by atoms with Crippen LogP contribution < -0.4 is 0 Å². The summed E-state index contributed by atoms with van der Waals surface area (Å²) >= 11 is 0. The van der Waals surface area contributed by atoms with Gasteiger partial charge in [0.25, 0.3) is 5.92 Å². The highest BCUT2D eigenvalue weighted by Crippen LogP contribution is 2.45. The van der Waals surface area contributed by atoms with Crippen LogP contribution in [0.15, 0.2) is 0 Å². The first-order valence-corrected chi connectivity index (χ1v) is 5.79. The predicted octanol–water partition coefficient (Wildman–Crippen LogP) is 2.29. The lowest BCUT2D eigenvalue weighted by Crippen LogP contribution is -2.42. The van der Waals surface area contributed by atoms with E-state index < -0.39 is 5.92 Å². The molecule has 2 nitrogen and oxygen atoms in total. The molecular formula is C11H19F2NO. The van der Waals surface area contributed by atoms with Crippen molar-refractivity contribution in [3.63, 3.8) is 0 Å². The van der Waals surface area contributed by atoms with Gasteiger partial charge in [-0.25, -0.2) is 8.78 Å². The van der Waals surface area contributed by atoms with Crippen LogP contribution in [-0.4, -0.2) is 42.7 Å². The summed E-state index contributed by atoms with van der Waals surface area (Å²) in [5, 5.41) is 0. The van der Waals surface area contributed by atoms with Gasteiger partial charge in [0.2, 0.25) is 0 Å². The van der Waals surface area contributed by atoms with Crippen molar-refractivity contribution in [2.75, 3.05) is 26.3 Å². The van der Waals surface area contributed by atoms with E-state index >= 15 is 0 Å². The fourth-order valence-corrected chi connectivity index (χ4v) is 2.88. The fourth-order valence-electron chi connectivity index (χ4n) is 2.88. The summed E-state index contributed by atoms with van der Waals surface area (Å²) in [5.41, 5.74) is -0.349. The number of alkyl halides is 2. The zero-order valence-corrected chi connectivity index (χ0v) is 9.27. The van der Waals surface area contributed by atoms with E-state index in [0.29, 0.717) is 13.2 Å². The second-order valence-electron chi connectivity index (χ2n) is 4.83. The molecule has 88 valence electrons. The van der Waals surface area contributed by atoms with Crippen molar-refractivity contribution in [2.24, 2.45) is 0 Å². The monoisotopic (exact) mass is 219 g/mol. The molecule has 0 radical (unpaired) electrons. The second kappa shape index (κ2) is 3.98. The smallest absolute Gasteiger partial charge is 0.262 e. The number of hydrogen-bond donors (Lipinski definition) is 0. The topological polar surface area (TPSA) is 12.5 Å². The summed E-state index contributed by atoms with van der Waals surface area (Å²) in [5.74, 6) is -2.50. The summed E-state index contributed by atoms with van der Waals surface area (Å²) < 4.78 is 32.1. The molecule has 15 heavy (non-hydrogen) atoms. The molecule has 0 aromatic rings. The van der Waals surface area contributed by atoms with Crippen molar-refractivity contribution >= 4 is 0 Å². The van der Waals surface area contributed by atoms with Crippen LogP contribution in [-0.2, 0) is 4.74 Å². The van der Waals surface area contributed by atoms with E-state index in [2.05, 4.69) is 0 Å². The van der Waals surface area contributed by atoms with Gasteiger partial charge in [-0.15, -0.1) is 0 Å². The standard InChI is InChI=1S/C11H19F2NO/c1-2-6-15-9-10-4-3-5-14(10)8-11(12,13)7-10/h2-9H2,1H3/t10-/m1/s1. The van der Waals surface area contributed by atoms with Crippen molar-refractivity contribution < 1.29 is 13.5 Å². The number of hydrogen-bond acceptors (Lipinski definition) is 2. The lowest BCUT2D eigenvalue weighted by molar-refractivity contribution is 0.00283. The second-order valence-corrected chi connectivity index (χ2v) is 4.83. The number of fused-ring (bicyclic) bond motifs is 1. The van der Waals surface area contributed by atoms with Crippen LogP contribution in [0.3, 0.4) is 0 Å². The molecule has 0 amide bonds. The van der Waals surface area contributed by atoms with Gasteiger partial charge in [-0.2, -0.15) is 0 Å². The van der Waals surface area contributed by atoms with Gasteiger partial charge in [0.05, 0.1) is 18.7 Å². The predicted molar refractivity (Wildman–Crippen MR) is 54.2 cm³/mol. The number of ether oxygens (including phenoxy) is 1. The molecule has 0 bridgehead atoms. The molecule has 0 unspecified atom stereocenters. The van der Waals surface area contributed by atoms with Crippen LogP contribution in [0.5, 0.6) is 0 Å². The highest BCUT2D eigenvalue weighted by atomic mass is 19.3. The average Bonchev–Trinajstić information content (AvgIpc) is 2.57. The van der Waals surface area contributed by atoms with E-state index in [4.69, 9.17) is 4.74 Å². The molecule has 2 fully saturated rings. The molecule has 0 N–H and O–H groups in total. The molecular weight excluding hydrogens is 200 g/mol. The Balaban J connectivity index is 1.98. The third kappa shape index (κ3) is 2.16. The average molecular weight is 219 g/mol. The normalized spacial score (nSPS) is 34.6. The number of rotatable bonds is 4. The van der Waals surface area contributed by atoms with E-state index in [-0.39, 0.29) is 18.5 Å². The molecule has 2 aliphatic rings. The van der Waals surface area contributed by atoms with Crippen molar-refractivity contribution in [2.45, 2.75) is 44.1 Å². The minimum atomic E-state index is -2.50. The maximum Gasteiger partial charge on any atom is 0.262 e. The third-order valence-electron chi connectivity index (χ3n) is 3.47. The van der Waals surface area contributed by atoms with Gasteiger partial charge in [-0.05, 0) is 25.8 Å². The lowest BCUT2D eigenvalue weighted by Gasteiger charge is -2.30. The van der Waals surface area contributed by atoms with E-state index in [1.165, 1.54) is 0 Å². The van der Waals surface area contributed by atoms with Crippen molar-refractivity contribution in [3.05, 3.63) is 0 Å². The van der Waals surface area contributed by atoms with E-state index in [0.717, 1.165) is 25.8 Å². The largest absolute Gasteiger partial charge is 0.380 e. The number of halogens is 2. The van der Waals surface area contributed by atoms with Gasteiger partial charge in [-0.1, -0.05) is 6.92 Å². The van der Waals surface area contributed by atoms with E-state index in [9.17, 15) is 8.78 Å². The van der Waals surface area contributed by atoms with Crippen molar-refractivity contribution in [3.8, 4) is 0 Å². The van der Waals surface area contributed by atoms with Crippen LogP contribution in [0.4, 0.5) is 8.78 Å². The molecule has 0 aliphatic carbocycles. The maximum absolute atomic E-state index is 13.3. The minimum absolute atomic E-state index is 0.0102. The minimum Gasteiger partial charge on any atom is -0.380 e.